The molecular formula is C22H23N3O. The molecule has 3 rings (SSSR count). The van der Waals surface area contributed by atoms with Crippen molar-refractivity contribution in [2.24, 2.45) is 0 Å². The van der Waals surface area contributed by atoms with Crippen LogP contribution in [0.5, 0.6) is 0 Å². The van der Waals surface area contributed by atoms with Gasteiger partial charge in [0.15, 0.2) is 0 Å². The van der Waals surface area contributed by atoms with E-state index in [1.807, 2.05) is 12.1 Å². The predicted octanol–water partition coefficient (Wildman–Crippen LogP) is 5.51. The van der Waals surface area contributed by atoms with Gasteiger partial charge in [0, 0.05) is 42.3 Å². The summed E-state index contributed by atoms with van der Waals surface area (Å²) in [4.78, 5) is 6.40. The van der Waals surface area contributed by atoms with E-state index in [-0.39, 0.29) is 0 Å². The number of benzene rings is 1. The lowest BCUT2D eigenvalue weighted by Gasteiger charge is -2.23. The summed E-state index contributed by atoms with van der Waals surface area (Å²) in [6, 6.07) is 16.3. The van der Waals surface area contributed by atoms with Crippen LogP contribution in [-0.2, 0) is 0 Å². The first kappa shape index (κ1) is 17.8. The minimum absolute atomic E-state index is 0.513. The molecule has 0 aliphatic carbocycles. The molecule has 0 spiro atoms. The van der Waals surface area contributed by atoms with Crippen molar-refractivity contribution in [3.8, 4) is 28.7 Å². The summed E-state index contributed by atoms with van der Waals surface area (Å²) in [6.07, 6.45) is 5.50. The van der Waals surface area contributed by atoms with Crippen LogP contribution < -0.4 is 4.90 Å². The van der Waals surface area contributed by atoms with E-state index in [4.69, 9.17) is 4.42 Å². The Labute approximate surface area is 154 Å². The summed E-state index contributed by atoms with van der Waals surface area (Å²) in [5.74, 6) is 1.48. The largest absolute Gasteiger partial charge is 0.456 e. The summed E-state index contributed by atoms with van der Waals surface area (Å²) in [5.41, 5.74) is 3.55. The Balaban J connectivity index is 1.85. The van der Waals surface area contributed by atoms with Crippen LogP contribution in [0.3, 0.4) is 0 Å². The molecule has 26 heavy (non-hydrogen) atoms. The van der Waals surface area contributed by atoms with Crippen molar-refractivity contribution in [2.75, 3.05) is 18.0 Å². The lowest BCUT2D eigenvalue weighted by Crippen LogP contribution is -2.24. The third kappa shape index (κ3) is 3.78. The number of hydrogen-bond donors (Lipinski definition) is 0. The molecule has 3 aromatic rings. The van der Waals surface area contributed by atoms with Crippen molar-refractivity contribution < 1.29 is 4.42 Å². The van der Waals surface area contributed by atoms with Crippen LogP contribution in [0, 0.1) is 11.3 Å². The molecule has 0 saturated carbocycles. The van der Waals surface area contributed by atoms with Gasteiger partial charge in [-0.25, -0.2) is 0 Å². The van der Waals surface area contributed by atoms with E-state index in [2.05, 4.69) is 54.1 Å². The number of aromatic nitrogens is 1. The molecule has 4 heteroatoms. The van der Waals surface area contributed by atoms with E-state index in [9.17, 15) is 5.26 Å². The fourth-order valence-electron chi connectivity index (χ4n) is 3.08. The molecule has 2 heterocycles. The quantitative estimate of drug-likeness (QED) is 0.567. The fraction of sp³-hybridized carbons (Fsp3) is 0.273. The van der Waals surface area contributed by atoms with Crippen molar-refractivity contribution in [3.63, 3.8) is 0 Å². The van der Waals surface area contributed by atoms with E-state index < -0.39 is 0 Å². The van der Waals surface area contributed by atoms with E-state index in [1.54, 1.807) is 18.5 Å². The maximum atomic E-state index is 9.24. The fourth-order valence-corrected chi connectivity index (χ4v) is 3.08. The van der Waals surface area contributed by atoms with Crippen molar-refractivity contribution in [3.05, 3.63) is 60.4 Å². The first-order chi connectivity index (χ1) is 12.8. The normalized spacial score (nSPS) is 10.5. The van der Waals surface area contributed by atoms with Gasteiger partial charge in [-0.15, -0.1) is 0 Å². The van der Waals surface area contributed by atoms with Gasteiger partial charge in [-0.3, -0.25) is 4.98 Å². The molecule has 4 nitrogen and oxygen atoms in total. The second-order valence-electron chi connectivity index (χ2n) is 6.23. The zero-order valence-corrected chi connectivity index (χ0v) is 15.3. The van der Waals surface area contributed by atoms with Gasteiger partial charge in [-0.2, -0.15) is 5.26 Å². The summed E-state index contributed by atoms with van der Waals surface area (Å²) in [5, 5.41) is 9.24. The topological polar surface area (TPSA) is 53.1 Å². The van der Waals surface area contributed by atoms with Gasteiger partial charge >= 0.3 is 0 Å². The Hall–Kier alpha value is -3.06. The molecule has 0 N–H and O–H groups in total. The van der Waals surface area contributed by atoms with Gasteiger partial charge in [0.1, 0.15) is 17.6 Å². The highest BCUT2D eigenvalue weighted by Crippen LogP contribution is 2.31. The lowest BCUT2D eigenvalue weighted by molar-refractivity contribution is 0.597. The number of anilines is 1. The average Bonchev–Trinajstić information content (AvgIpc) is 3.18. The van der Waals surface area contributed by atoms with Gasteiger partial charge in [0.25, 0.3) is 0 Å². The van der Waals surface area contributed by atoms with Gasteiger partial charge in [-0.1, -0.05) is 13.8 Å². The second kappa shape index (κ2) is 8.35. The molecule has 0 radical (unpaired) electrons. The average molecular weight is 345 g/mol. The van der Waals surface area contributed by atoms with Crippen molar-refractivity contribution in [2.45, 2.75) is 26.7 Å². The minimum Gasteiger partial charge on any atom is -0.456 e. The smallest absolute Gasteiger partial charge is 0.136 e. The van der Waals surface area contributed by atoms with Crippen molar-refractivity contribution in [1.82, 2.24) is 4.98 Å². The second-order valence-corrected chi connectivity index (χ2v) is 6.23. The number of rotatable bonds is 7. The molecule has 1 aromatic carbocycles. The number of hydrogen-bond acceptors (Lipinski definition) is 4. The number of furan rings is 1. The molecule has 0 fully saturated rings. The predicted molar refractivity (Wildman–Crippen MR) is 105 cm³/mol. The first-order valence-electron chi connectivity index (χ1n) is 9.06. The molecule has 0 saturated heterocycles. The van der Waals surface area contributed by atoms with Gasteiger partial charge in [0.2, 0.25) is 0 Å². The summed E-state index contributed by atoms with van der Waals surface area (Å²) < 4.78 is 6.00. The molecule has 0 aliphatic heterocycles. The number of pyridine rings is 1. The van der Waals surface area contributed by atoms with Crippen molar-refractivity contribution >= 4 is 5.69 Å². The maximum Gasteiger partial charge on any atom is 0.136 e. The van der Waals surface area contributed by atoms with E-state index in [1.165, 1.54) is 5.69 Å². The van der Waals surface area contributed by atoms with Gasteiger partial charge < -0.3 is 9.32 Å². The van der Waals surface area contributed by atoms with Crippen LogP contribution in [0.15, 0.2) is 59.3 Å². The molecule has 0 unspecified atom stereocenters. The van der Waals surface area contributed by atoms with Crippen LogP contribution in [0.4, 0.5) is 5.69 Å². The molecule has 0 atom stereocenters. The Kier molecular flexibility index (Phi) is 5.70. The zero-order valence-electron chi connectivity index (χ0n) is 15.3. The summed E-state index contributed by atoms with van der Waals surface area (Å²) >= 11 is 0. The van der Waals surface area contributed by atoms with Crippen molar-refractivity contribution in [1.29, 1.82) is 5.26 Å². The highest BCUT2D eigenvalue weighted by atomic mass is 16.3. The number of nitrogens with zero attached hydrogens (tertiary/aromatic N) is 3. The first-order valence-corrected chi connectivity index (χ1v) is 9.06. The van der Waals surface area contributed by atoms with Crippen LogP contribution in [0.25, 0.3) is 22.6 Å². The molecule has 2 aromatic heterocycles. The standard InChI is InChI=1S/C22H23N3O/c1-3-13-25(14-4-2)19-7-5-17(6-8-19)21-9-10-22(26-21)20-11-12-24-16-18(20)15-23/h5-12,16H,3-4,13-14H2,1-2H3. The van der Waals surface area contributed by atoms with E-state index in [0.717, 1.165) is 42.8 Å². The Bertz CT molecular complexity index is 884. The Morgan fingerprint density at radius 3 is 2.31 bits per heavy atom. The number of nitriles is 1. The summed E-state index contributed by atoms with van der Waals surface area (Å²) in [6.45, 7) is 6.54. The van der Waals surface area contributed by atoms with Crippen LogP contribution in [0.1, 0.15) is 32.3 Å². The Morgan fingerprint density at radius 2 is 1.65 bits per heavy atom. The van der Waals surface area contributed by atoms with Gasteiger partial charge in [-0.05, 0) is 55.3 Å². The van der Waals surface area contributed by atoms with Gasteiger partial charge in [0.05, 0.1) is 5.56 Å². The molecular weight excluding hydrogens is 322 g/mol. The lowest BCUT2D eigenvalue weighted by atomic mass is 10.1. The monoisotopic (exact) mass is 345 g/mol. The SMILES string of the molecule is CCCN(CCC)c1ccc(-c2ccc(-c3ccncc3C#N)o2)cc1. The molecule has 132 valence electrons. The highest BCUT2D eigenvalue weighted by molar-refractivity contribution is 5.69. The molecule has 0 amide bonds. The zero-order chi connectivity index (χ0) is 18.4. The van der Waals surface area contributed by atoms with Crippen LogP contribution in [0.2, 0.25) is 0 Å². The van der Waals surface area contributed by atoms with E-state index in [0.29, 0.717) is 11.3 Å². The highest BCUT2D eigenvalue weighted by Gasteiger charge is 2.11. The molecule has 0 aliphatic rings. The summed E-state index contributed by atoms with van der Waals surface area (Å²) in [7, 11) is 0. The van der Waals surface area contributed by atoms with E-state index >= 15 is 0 Å². The minimum atomic E-state index is 0.513. The Morgan fingerprint density at radius 1 is 0.962 bits per heavy atom. The third-order valence-electron chi connectivity index (χ3n) is 4.32. The van der Waals surface area contributed by atoms with Crippen LogP contribution in [-0.4, -0.2) is 18.1 Å². The third-order valence-corrected chi connectivity index (χ3v) is 4.32. The molecule has 0 bridgehead atoms. The maximum absolute atomic E-state index is 9.24. The van der Waals surface area contributed by atoms with Crippen LogP contribution >= 0.6 is 0 Å².